The van der Waals surface area contributed by atoms with E-state index < -0.39 is 0 Å². The van der Waals surface area contributed by atoms with Crippen LogP contribution in [0.3, 0.4) is 0 Å². The van der Waals surface area contributed by atoms with Crippen LogP contribution in [0.15, 0.2) is 24.3 Å². The van der Waals surface area contributed by atoms with E-state index in [1.165, 1.54) is 24.3 Å². The summed E-state index contributed by atoms with van der Waals surface area (Å²) in [6.45, 7) is 2.18. The van der Waals surface area contributed by atoms with Gasteiger partial charge in [0.25, 0.3) is 5.91 Å². The number of alkyl halides is 1. The van der Waals surface area contributed by atoms with E-state index in [2.05, 4.69) is 5.32 Å². The summed E-state index contributed by atoms with van der Waals surface area (Å²) in [6.07, 6.45) is 0. The van der Waals surface area contributed by atoms with Gasteiger partial charge in [0.05, 0.1) is 0 Å². The van der Waals surface area contributed by atoms with Crippen LogP contribution >= 0.6 is 11.6 Å². The van der Waals surface area contributed by atoms with Gasteiger partial charge in [-0.1, -0.05) is 0 Å². The van der Waals surface area contributed by atoms with Crippen LogP contribution in [0.25, 0.3) is 0 Å². The van der Waals surface area contributed by atoms with Gasteiger partial charge in [-0.3, -0.25) is 4.79 Å². The lowest BCUT2D eigenvalue weighted by molar-refractivity contribution is 0.0954. The summed E-state index contributed by atoms with van der Waals surface area (Å²) in [6, 6.07) is 5.37. The number of nitrogens with one attached hydrogen (secondary N) is 1. The third-order valence-electron chi connectivity index (χ3n) is 1.65. The van der Waals surface area contributed by atoms with Crippen LogP contribution in [0, 0.1) is 5.82 Å². The molecule has 1 aromatic rings. The fraction of sp³-hybridized carbons (Fsp3) is 0.300. The first-order valence-corrected chi connectivity index (χ1v) is 4.71. The summed E-state index contributed by atoms with van der Waals surface area (Å²) in [5.74, 6) is -0.593. The summed E-state index contributed by atoms with van der Waals surface area (Å²) < 4.78 is 12.5. The zero-order valence-corrected chi connectivity index (χ0v) is 8.51. The highest BCUT2D eigenvalue weighted by atomic mass is 35.5. The number of hydrogen-bond donors (Lipinski definition) is 1. The van der Waals surface area contributed by atoms with E-state index in [0.717, 1.165) is 0 Å². The van der Waals surface area contributed by atoms with Crippen LogP contribution in [-0.4, -0.2) is 17.8 Å². The van der Waals surface area contributed by atoms with Crippen molar-refractivity contribution in [3.05, 3.63) is 35.6 Å². The average Bonchev–Trinajstić information content (AvgIpc) is 2.15. The zero-order chi connectivity index (χ0) is 10.6. The molecule has 1 amide bonds. The number of hydrogen-bond acceptors (Lipinski definition) is 1. The Balaban J connectivity index is 2.57. The van der Waals surface area contributed by atoms with Gasteiger partial charge in [0.15, 0.2) is 0 Å². The maximum atomic E-state index is 12.5. The third-order valence-corrected chi connectivity index (χ3v) is 1.80. The Bertz CT molecular complexity index is 310. The highest BCUT2D eigenvalue weighted by molar-refractivity contribution is 6.20. The molecule has 0 radical (unpaired) electrons. The predicted octanol–water partition coefficient (Wildman–Crippen LogP) is 2.18. The van der Waals surface area contributed by atoms with Crippen molar-refractivity contribution in [2.24, 2.45) is 0 Å². The second-order valence-electron chi connectivity index (χ2n) is 3.00. The first-order chi connectivity index (χ1) is 6.59. The Hall–Kier alpha value is -1.09. The number of amides is 1. The lowest BCUT2D eigenvalue weighted by Gasteiger charge is -2.05. The molecule has 0 aromatic heterocycles. The first kappa shape index (κ1) is 11.0. The van der Waals surface area contributed by atoms with Gasteiger partial charge in [-0.15, -0.1) is 11.6 Å². The molecule has 0 aliphatic carbocycles. The third kappa shape index (κ3) is 3.34. The molecule has 1 atom stereocenters. The quantitative estimate of drug-likeness (QED) is 0.770. The SMILES string of the molecule is CC(Cl)CNC(=O)c1ccc(F)cc1. The van der Waals surface area contributed by atoms with E-state index in [1.54, 1.807) is 6.92 Å². The molecule has 1 unspecified atom stereocenters. The van der Waals surface area contributed by atoms with Crippen molar-refractivity contribution in [3.63, 3.8) is 0 Å². The Morgan fingerprint density at radius 1 is 1.50 bits per heavy atom. The molecule has 0 heterocycles. The van der Waals surface area contributed by atoms with Gasteiger partial charge in [-0.2, -0.15) is 0 Å². The summed E-state index contributed by atoms with van der Waals surface area (Å²) in [4.78, 5) is 11.4. The van der Waals surface area contributed by atoms with E-state index >= 15 is 0 Å². The second-order valence-corrected chi connectivity index (χ2v) is 3.74. The van der Waals surface area contributed by atoms with Crippen molar-refractivity contribution in [3.8, 4) is 0 Å². The molecule has 0 aliphatic rings. The molecule has 14 heavy (non-hydrogen) atoms. The second kappa shape index (κ2) is 4.96. The zero-order valence-electron chi connectivity index (χ0n) is 7.76. The van der Waals surface area contributed by atoms with Crippen molar-refractivity contribution in [1.82, 2.24) is 5.32 Å². The molecule has 1 rings (SSSR count). The minimum atomic E-state index is -0.354. The molecule has 1 N–H and O–H groups in total. The van der Waals surface area contributed by atoms with Crippen molar-refractivity contribution in [2.45, 2.75) is 12.3 Å². The van der Waals surface area contributed by atoms with Gasteiger partial charge in [-0.25, -0.2) is 4.39 Å². The minimum absolute atomic E-state index is 0.112. The molecule has 0 bridgehead atoms. The summed E-state index contributed by atoms with van der Waals surface area (Å²) >= 11 is 5.66. The van der Waals surface area contributed by atoms with Crippen LogP contribution in [0.2, 0.25) is 0 Å². The van der Waals surface area contributed by atoms with Crippen LogP contribution in [0.5, 0.6) is 0 Å². The molecule has 0 fully saturated rings. The molecular formula is C10H11ClFNO. The van der Waals surface area contributed by atoms with E-state index in [1.807, 2.05) is 0 Å². The number of halogens is 2. The number of rotatable bonds is 3. The molecular weight excluding hydrogens is 205 g/mol. The minimum Gasteiger partial charge on any atom is -0.351 e. The molecule has 0 spiro atoms. The molecule has 0 saturated heterocycles. The van der Waals surface area contributed by atoms with Crippen molar-refractivity contribution in [2.75, 3.05) is 6.54 Å². The van der Waals surface area contributed by atoms with Crippen molar-refractivity contribution < 1.29 is 9.18 Å². The molecule has 1 aromatic carbocycles. The van der Waals surface area contributed by atoms with Gasteiger partial charge in [0, 0.05) is 17.5 Å². The molecule has 76 valence electrons. The Labute approximate surface area is 87.1 Å². The van der Waals surface area contributed by atoms with Gasteiger partial charge >= 0.3 is 0 Å². The van der Waals surface area contributed by atoms with Gasteiger partial charge < -0.3 is 5.32 Å². The lowest BCUT2D eigenvalue weighted by Crippen LogP contribution is -2.28. The standard InChI is InChI=1S/C10H11ClFNO/c1-7(11)6-13-10(14)8-2-4-9(12)5-3-8/h2-5,7H,6H2,1H3,(H,13,14). The average molecular weight is 216 g/mol. The Morgan fingerprint density at radius 2 is 2.07 bits per heavy atom. The monoisotopic (exact) mass is 215 g/mol. The van der Waals surface area contributed by atoms with Crippen LogP contribution in [0.1, 0.15) is 17.3 Å². The highest BCUT2D eigenvalue weighted by Gasteiger charge is 2.05. The summed E-state index contributed by atoms with van der Waals surface area (Å²) in [7, 11) is 0. The topological polar surface area (TPSA) is 29.1 Å². The molecule has 0 saturated carbocycles. The highest BCUT2D eigenvalue weighted by Crippen LogP contribution is 2.02. The summed E-state index contributed by atoms with van der Waals surface area (Å²) in [5.41, 5.74) is 0.434. The smallest absolute Gasteiger partial charge is 0.251 e. The van der Waals surface area contributed by atoms with Gasteiger partial charge in [0.1, 0.15) is 5.82 Å². The maximum Gasteiger partial charge on any atom is 0.251 e. The molecule has 2 nitrogen and oxygen atoms in total. The first-order valence-electron chi connectivity index (χ1n) is 4.27. The number of carbonyl (C=O) groups is 1. The number of benzene rings is 1. The maximum absolute atomic E-state index is 12.5. The van der Waals surface area contributed by atoms with Crippen LogP contribution in [0.4, 0.5) is 4.39 Å². The largest absolute Gasteiger partial charge is 0.351 e. The van der Waals surface area contributed by atoms with E-state index in [-0.39, 0.29) is 17.1 Å². The lowest BCUT2D eigenvalue weighted by atomic mass is 10.2. The number of carbonyl (C=O) groups excluding carboxylic acids is 1. The van der Waals surface area contributed by atoms with Crippen molar-refractivity contribution >= 4 is 17.5 Å². The van der Waals surface area contributed by atoms with E-state index in [9.17, 15) is 9.18 Å². The predicted molar refractivity (Wildman–Crippen MR) is 54.0 cm³/mol. The Kier molecular flexibility index (Phi) is 3.89. The van der Waals surface area contributed by atoms with Crippen LogP contribution in [-0.2, 0) is 0 Å². The fourth-order valence-electron chi connectivity index (χ4n) is 0.937. The van der Waals surface area contributed by atoms with E-state index in [4.69, 9.17) is 11.6 Å². The Morgan fingerprint density at radius 3 is 2.57 bits per heavy atom. The van der Waals surface area contributed by atoms with Crippen LogP contribution < -0.4 is 5.32 Å². The molecule has 0 aliphatic heterocycles. The van der Waals surface area contributed by atoms with Gasteiger partial charge in [0.2, 0.25) is 0 Å². The van der Waals surface area contributed by atoms with Crippen molar-refractivity contribution in [1.29, 1.82) is 0 Å². The summed E-state index contributed by atoms with van der Waals surface area (Å²) in [5, 5.41) is 2.51. The molecule has 4 heteroatoms. The van der Waals surface area contributed by atoms with E-state index in [0.29, 0.717) is 12.1 Å². The normalized spacial score (nSPS) is 12.2. The fourth-order valence-corrected chi connectivity index (χ4v) is 1.01. The van der Waals surface area contributed by atoms with Gasteiger partial charge in [-0.05, 0) is 31.2 Å².